The fourth-order valence-electron chi connectivity index (χ4n) is 1.47. The normalized spacial score (nSPS) is 12.2. The summed E-state index contributed by atoms with van der Waals surface area (Å²) in [5.41, 5.74) is 0.949. The largest absolute Gasteiger partial charge is 0.311 e. The molecule has 0 bridgehead atoms. The highest BCUT2D eigenvalue weighted by atomic mass is 32.2. The number of aryl methyl sites for hydroxylation is 1. The van der Waals surface area contributed by atoms with Crippen LogP contribution >= 0.6 is 0 Å². The van der Waals surface area contributed by atoms with Gasteiger partial charge in [0.1, 0.15) is 0 Å². The van der Waals surface area contributed by atoms with Gasteiger partial charge in [0.25, 0.3) is 0 Å². The van der Waals surface area contributed by atoms with Gasteiger partial charge in [-0.25, -0.2) is 8.42 Å². The summed E-state index contributed by atoms with van der Waals surface area (Å²) in [4.78, 5) is 0. The zero-order chi connectivity index (χ0) is 13.6. The van der Waals surface area contributed by atoms with Crippen LogP contribution in [-0.4, -0.2) is 35.7 Å². The van der Waals surface area contributed by atoms with E-state index >= 15 is 0 Å². The van der Waals surface area contributed by atoms with Crippen molar-refractivity contribution in [2.45, 2.75) is 45.5 Å². The maximum atomic E-state index is 11.7. The third-order valence-electron chi connectivity index (χ3n) is 2.75. The third-order valence-corrected chi connectivity index (χ3v) is 4.94. The molecule has 0 aliphatic heterocycles. The molecule has 1 aromatic heterocycles. The summed E-state index contributed by atoms with van der Waals surface area (Å²) in [7, 11) is -2.98. The van der Waals surface area contributed by atoms with Crippen LogP contribution in [0.2, 0.25) is 0 Å². The number of rotatable bonds is 8. The molecule has 1 aromatic rings. The molecule has 0 unspecified atom stereocenters. The number of nitrogens with one attached hydrogen (secondary N) is 1. The molecule has 0 aliphatic carbocycles. The van der Waals surface area contributed by atoms with Crippen molar-refractivity contribution < 1.29 is 8.42 Å². The zero-order valence-corrected chi connectivity index (χ0v) is 12.2. The van der Waals surface area contributed by atoms with Crippen LogP contribution in [0.25, 0.3) is 0 Å². The number of nitrogens with zero attached hydrogens (tertiary/aromatic N) is 2. The first-order chi connectivity index (χ1) is 8.45. The number of hydrogen-bond donors (Lipinski definition) is 1. The minimum atomic E-state index is -2.98. The number of sulfone groups is 1. The predicted octanol–water partition coefficient (Wildman–Crippen LogP) is 1.21. The van der Waals surface area contributed by atoms with Crippen molar-refractivity contribution in [1.29, 1.82) is 0 Å². The van der Waals surface area contributed by atoms with Gasteiger partial charge in [0.15, 0.2) is 9.84 Å². The number of aromatic nitrogens is 2. The van der Waals surface area contributed by atoms with Crippen LogP contribution in [0.1, 0.15) is 32.9 Å². The van der Waals surface area contributed by atoms with Gasteiger partial charge in [0.2, 0.25) is 0 Å². The fraction of sp³-hybridized carbons (Fsp3) is 0.750. The number of hydrogen-bond acceptors (Lipinski definition) is 4. The molecular formula is C12H23N3O2S. The molecule has 0 amide bonds. The Bertz CT molecular complexity index is 452. The van der Waals surface area contributed by atoms with Crippen molar-refractivity contribution in [2.75, 3.05) is 12.3 Å². The maximum absolute atomic E-state index is 11.7. The molecule has 0 aromatic carbocycles. The van der Waals surface area contributed by atoms with Crippen LogP contribution in [0.3, 0.4) is 0 Å². The zero-order valence-electron chi connectivity index (χ0n) is 11.4. The van der Waals surface area contributed by atoms with Gasteiger partial charge in [-0.15, -0.1) is 0 Å². The highest BCUT2D eigenvalue weighted by molar-refractivity contribution is 7.91. The van der Waals surface area contributed by atoms with Crippen molar-refractivity contribution in [3.8, 4) is 0 Å². The smallest absolute Gasteiger partial charge is 0.154 e. The van der Waals surface area contributed by atoms with Gasteiger partial charge in [-0.3, -0.25) is 4.68 Å². The SMILES string of the molecule is CCCNCc1ccn(CCS(=O)(=O)C(C)C)n1. The predicted molar refractivity (Wildman–Crippen MR) is 73.1 cm³/mol. The van der Waals surface area contributed by atoms with E-state index in [1.165, 1.54) is 0 Å². The second-order valence-corrected chi connectivity index (χ2v) is 7.34. The first-order valence-electron chi connectivity index (χ1n) is 6.40. The van der Waals surface area contributed by atoms with Crippen molar-refractivity contribution in [2.24, 2.45) is 0 Å². The van der Waals surface area contributed by atoms with E-state index in [2.05, 4.69) is 17.3 Å². The van der Waals surface area contributed by atoms with E-state index < -0.39 is 9.84 Å². The van der Waals surface area contributed by atoms with Gasteiger partial charge in [-0.1, -0.05) is 6.92 Å². The molecule has 5 nitrogen and oxygen atoms in total. The summed E-state index contributed by atoms with van der Waals surface area (Å²) in [5, 5.41) is 7.27. The third kappa shape index (κ3) is 4.78. The standard InChI is InChI=1S/C12H23N3O2S/c1-4-6-13-10-12-5-7-15(14-12)8-9-18(16,17)11(2)3/h5,7,11,13H,4,6,8-10H2,1-3H3. The van der Waals surface area contributed by atoms with Crippen molar-refractivity contribution >= 4 is 9.84 Å². The van der Waals surface area contributed by atoms with Crippen molar-refractivity contribution in [3.63, 3.8) is 0 Å². The Hall–Kier alpha value is -0.880. The summed E-state index contributed by atoms with van der Waals surface area (Å²) in [6, 6.07) is 1.92. The first-order valence-corrected chi connectivity index (χ1v) is 8.12. The van der Waals surface area contributed by atoms with E-state index in [1.54, 1.807) is 18.5 Å². The second-order valence-electron chi connectivity index (χ2n) is 4.66. The van der Waals surface area contributed by atoms with Gasteiger partial charge in [-0.2, -0.15) is 5.10 Å². The maximum Gasteiger partial charge on any atom is 0.154 e. The van der Waals surface area contributed by atoms with Crippen LogP contribution in [0.4, 0.5) is 0 Å². The monoisotopic (exact) mass is 273 g/mol. The van der Waals surface area contributed by atoms with Crippen LogP contribution in [0.5, 0.6) is 0 Å². The molecular weight excluding hydrogens is 250 g/mol. The van der Waals surface area contributed by atoms with Gasteiger partial charge in [0.05, 0.1) is 23.2 Å². The van der Waals surface area contributed by atoms with Gasteiger partial charge >= 0.3 is 0 Å². The van der Waals surface area contributed by atoms with Gasteiger partial charge in [0, 0.05) is 12.7 Å². The van der Waals surface area contributed by atoms with Crippen LogP contribution in [0.15, 0.2) is 12.3 Å². The Kier molecular flexibility index (Phi) is 5.81. The molecule has 104 valence electrons. The van der Waals surface area contributed by atoms with Crippen molar-refractivity contribution in [1.82, 2.24) is 15.1 Å². The summed E-state index contributed by atoms with van der Waals surface area (Å²) < 4.78 is 25.0. The Morgan fingerprint density at radius 1 is 1.44 bits per heavy atom. The molecule has 0 fully saturated rings. The first kappa shape index (κ1) is 15.2. The Morgan fingerprint density at radius 2 is 2.17 bits per heavy atom. The molecule has 0 saturated heterocycles. The van der Waals surface area contributed by atoms with E-state index in [1.807, 2.05) is 12.3 Å². The molecule has 6 heteroatoms. The molecule has 1 heterocycles. The molecule has 0 aliphatic rings. The molecule has 0 spiro atoms. The highest BCUT2D eigenvalue weighted by Crippen LogP contribution is 2.02. The van der Waals surface area contributed by atoms with Crippen molar-refractivity contribution in [3.05, 3.63) is 18.0 Å². The topological polar surface area (TPSA) is 64.0 Å². The van der Waals surface area contributed by atoms with E-state index in [0.717, 1.165) is 25.2 Å². The van der Waals surface area contributed by atoms with E-state index in [-0.39, 0.29) is 11.0 Å². The molecule has 0 radical (unpaired) electrons. The van der Waals surface area contributed by atoms with E-state index in [0.29, 0.717) is 6.54 Å². The summed E-state index contributed by atoms with van der Waals surface area (Å²) in [5.74, 6) is 0.147. The lowest BCUT2D eigenvalue weighted by Gasteiger charge is -2.07. The molecule has 0 saturated carbocycles. The van der Waals surface area contributed by atoms with E-state index in [4.69, 9.17) is 0 Å². The summed E-state index contributed by atoms with van der Waals surface area (Å²) in [6.45, 7) is 7.65. The van der Waals surface area contributed by atoms with E-state index in [9.17, 15) is 8.42 Å². The Labute approximate surface area is 109 Å². The van der Waals surface area contributed by atoms with Gasteiger partial charge < -0.3 is 5.32 Å². The molecule has 1 N–H and O–H groups in total. The summed E-state index contributed by atoms with van der Waals surface area (Å²) in [6.07, 6.45) is 2.92. The van der Waals surface area contributed by atoms with Gasteiger partial charge in [-0.05, 0) is 32.9 Å². The molecule has 0 atom stereocenters. The average Bonchev–Trinajstić information content (AvgIpc) is 2.75. The highest BCUT2D eigenvalue weighted by Gasteiger charge is 2.15. The minimum Gasteiger partial charge on any atom is -0.311 e. The lowest BCUT2D eigenvalue weighted by molar-refractivity contribution is 0.569. The lowest BCUT2D eigenvalue weighted by atomic mass is 10.4. The minimum absolute atomic E-state index is 0.147. The Balaban J connectivity index is 2.45. The Morgan fingerprint density at radius 3 is 2.78 bits per heavy atom. The van der Waals surface area contributed by atoms with Crippen LogP contribution < -0.4 is 5.32 Å². The molecule has 18 heavy (non-hydrogen) atoms. The van der Waals surface area contributed by atoms with Crippen LogP contribution in [0, 0.1) is 0 Å². The second kappa shape index (κ2) is 6.89. The van der Waals surface area contributed by atoms with Crippen LogP contribution in [-0.2, 0) is 22.9 Å². The lowest BCUT2D eigenvalue weighted by Crippen LogP contribution is -2.21. The molecule has 1 rings (SSSR count). The fourth-order valence-corrected chi connectivity index (χ4v) is 2.39. The quantitative estimate of drug-likeness (QED) is 0.723. The average molecular weight is 273 g/mol. The summed E-state index contributed by atoms with van der Waals surface area (Å²) >= 11 is 0.